The van der Waals surface area contributed by atoms with Crippen molar-refractivity contribution in [3.63, 3.8) is 0 Å². The van der Waals surface area contributed by atoms with Gasteiger partial charge in [-0.15, -0.1) is 0 Å². The minimum absolute atomic E-state index is 0.116. The Morgan fingerprint density at radius 3 is 2.84 bits per heavy atom. The zero-order valence-electron chi connectivity index (χ0n) is 11.2. The van der Waals surface area contributed by atoms with Gasteiger partial charge in [0.1, 0.15) is 0 Å². The molecule has 0 bridgehead atoms. The van der Waals surface area contributed by atoms with Crippen LogP contribution in [0.5, 0.6) is 0 Å². The van der Waals surface area contributed by atoms with Crippen LogP contribution in [-0.2, 0) is 4.74 Å². The minimum atomic E-state index is 0.116. The molecule has 3 rings (SSSR count). The number of rotatable bonds is 3. The van der Waals surface area contributed by atoms with Gasteiger partial charge >= 0.3 is 121 Å². The Kier molecular flexibility index (Phi) is 4.05. The summed E-state index contributed by atoms with van der Waals surface area (Å²) < 4.78 is 6.11. The quantitative estimate of drug-likeness (QED) is 0.614. The fourth-order valence-corrected chi connectivity index (χ4v) is 4.88. The van der Waals surface area contributed by atoms with Crippen molar-refractivity contribution in [2.75, 3.05) is 0 Å². The van der Waals surface area contributed by atoms with Crippen LogP contribution in [-0.4, -0.2) is 25.8 Å². The third kappa shape index (κ3) is 3.10. The topological polar surface area (TPSA) is 21.6 Å². The number of ether oxygens (including phenoxy) is 1. The number of hydrogen-bond acceptors (Lipinski definition) is 2. The van der Waals surface area contributed by atoms with Gasteiger partial charge in [0.05, 0.1) is 0 Å². The molecular formula is C16H19NOSe. The summed E-state index contributed by atoms with van der Waals surface area (Å²) in [7, 11) is 0. The molecule has 1 aliphatic heterocycles. The summed E-state index contributed by atoms with van der Waals surface area (Å²) in [5.41, 5.74) is 1.24. The molecule has 0 aromatic heterocycles. The molecule has 0 amide bonds. The summed E-state index contributed by atoms with van der Waals surface area (Å²) in [5.74, 6) is 0. The van der Waals surface area contributed by atoms with E-state index in [1.54, 1.807) is 0 Å². The van der Waals surface area contributed by atoms with Crippen molar-refractivity contribution in [1.29, 1.82) is 0 Å². The molecule has 0 saturated heterocycles. The van der Waals surface area contributed by atoms with E-state index in [1.807, 2.05) is 6.07 Å². The average molecular weight is 320 g/mol. The fourth-order valence-electron chi connectivity index (χ4n) is 2.53. The molecule has 3 heteroatoms. The van der Waals surface area contributed by atoms with E-state index in [2.05, 4.69) is 43.3 Å². The van der Waals surface area contributed by atoms with Crippen molar-refractivity contribution in [3.05, 3.63) is 48.0 Å². The van der Waals surface area contributed by atoms with E-state index in [0.717, 1.165) is 4.80 Å². The van der Waals surface area contributed by atoms with Gasteiger partial charge in [0.25, 0.3) is 0 Å². The van der Waals surface area contributed by atoms with E-state index in [4.69, 9.17) is 9.73 Å². The summed E-state index contributed by atoms with van der Waals surface area (Å²) in [6.07, 6.45) is 8.63. The van der Waals surface area contributed by atoms with Crippen molar-refractivity contribution in [1.82, 2.24) is 0 Å². The molecule has 100 valence electrons. The molecular weight excluding hydrogens is 301 g/mol. The van der Waals surface area contributed by atoms with E-state index >= 15 is 0 Å². The second kappa shape index (κ2) is 5.94. The van der Waals surface area contributed by atoms with Crippen LogP contribution < -0.4 is 0 Å². The number of allylic oxidation sites excluding steroid dienone is 2. The standard InChI is InChI=1S/C16H19NOSe/c1-12-15(13-8-4-2-5-9-13)18-16(17-12)19-14-10-6-3-7-11-14/h2,4-6,8-10,12,14-15H,3,7,11H2,1H3/t12-,14?,15-/m0/s1. The molecule has 1 aromatic rings. The number of hydrogen-bond donors (Lipinski definition) is 0. The zero-order valence-corrected chi connectivity index (χ0v) is 12.9. The van der Waals surface area contributed by atoms with Crippen LogP contribution in [0.3, 0.4) is 0 Å². The van der Waals surface area contributed by atoms with Crippen molar-refractivity contribution in [2.45, 2.75) is 43.1 Å². The van der Waals surface area contributed by atoms with Crippen molar-refractivity contribution in [3.8, 4) is 0 Å². The second-order valence-corrected chi connectivity index (χ2v) is 7.60. The first kappa shape index (κ1) is 13.0. The van der Waals surface area contributed by atoms with Gasteiger partial charge in [0.15, 0.2) is 0 Å². The first-order valence-corrected chi connectivity index (χ1v) is 8.80. The molecule has 19 heavy (non-hydrogen) atoms. The Balaban J connectivity index is 1.65. The normalized spacial score (nSPS) is 29.9. The summed E-state index contributed by atoms with van der Waals surface area (Å²) >= 11 is 0.356. The predicted molar refractivity (Wildman–Crippen MR) is 79.7 cm³/mol. The summed E-state index contributed by atoms with van der Waals surface area (Å²) in [6, 6.07) is 10.7. The Morgan fingerprint density at radius 2 is 2.11 bits per heavy atom. The van der Waals surface area contributed by atoms with Gasteiger partial charge in [-0.3, -0.25) is 0 Å². The summed E-state index contributed by atoms with van der Waals surface area (Å²) in [4.78, 5) is 6.42. The molecule has 3 atom stereocenters. The molecule has 1 aromatic carbocycles. The van der Waals surface area contributed by atoms with E-state index < -0.39 is 0 Å². The molecule has 0 saturated carbocycles. The van der Waals surface area contributed by atoms with Crippen molar-refractivity contribution in [2.24, 2.45) is 4.99 Å². The third-order valence-corrected chi connectivity index (χ3v) is 5.87. The van der Waals surface area contributed by atoms with Gasteiger partial charge in [-0.05, 0) is 0 Å². The second-order valence-electron chi connectivity index (χ2n) is 5.10. The van der Waals surface area contributed by atoms with Crippen molar-refractivity contribution >= 4 is 19.8 Å². The van der Waals surface area contributed by atoms with Crippen LogP contribution in [0.2, 0.25) is 4.82 Å². The maximum atomic E-state index is 6.11. The third-order valence-electron chi connectivity index (χ3n) is 3.57. The monoisotopic (exact) mass is 321 g/mol. The van der Waals surface area contributed by atoms with Crippen LogP contribution in [0.25, 0.3) is 0 Å². The van der Waals surface area contributed by atoms with Gasteiger partial charge in [-0.25, -0.2) is 0 Å². The molecule has 2 aliphatic rings. The molecule has 2 nitrogen and oxygen atoms in total. The summed E-state index contributed by atoms with van der Waals surface area (Å²) in [5, 5.41) is 0. The molecule has 0 fully saturated rings. The SMILES string of the molecule is C[C@@H]1N=C([Se]C2C=CCCC2)O[C@@H]1c1ccccc1. The van der Waals surface area contributed by atoms with Gasteiger partial charge in [-0.1, -0.05) is 0 Å². The molecule has 0 spiro atoms. The molecule has 0 N–H and O–H groups in total. The number of aliphatic imine (C=N–C) groups is 1. The van der Waals surface area contributed by atoms with Crippen LogP contribution >= 0.6 is 0 Å². The van der Waals surface area contributed by atoms with Gasteiger partial charge in [0, 0.05) is 0 Å². The first-order valence-electron chi connectivity index (χ1n) is 6.95. The molecule has 1 heterocycles. The molecule has 0 radical (unpaired) electrons. The molecule has 1 aliphatic carbocycles. The Morgan fingerprint density at radius 1 is 1.26 bits per heavy atom. The van der Waals surface area contributed by atoms with E-state index in [-0.39, 0.29) is 12.1 Å². The first-order chi connectivity index (χ1) is 9.33. The fraction of sp³-hybridized carbons (Fsp3) is 0.438. The zero-order chi connectivity index (χ0) is 13.1. The van der Waals surface area contributed by atoms with E-state index in [1.165, 1.54) is 24.8 Å². The van der Waals surface area contributed by atoms with Gasteiger partial charge < -0.3 is 0 Å². The van der Waals surface area contributed by atoms with E-state index in [9.17, 15) is 0 Å². The van der Waals surface area contributed by atoms with Crippen LogP contribution in [0.1, 0.15) is 37.9 Å². The average Bonchev–Trinajstić information content (AvgIpc) is 2.82. The van der Waals surface area contributed by atoms with E-state index in [0.29, 0.717) is 19.8 Å². The van der Waals surface area contributed by atoms with Crippen LogP contribution in [0, 0.1) is 0 Å². The maximum absolute atomic E-state index is 6.11. The van der Waals surface area contributed by atoms with Crippen LogP contribution in [0.4, 0.5) is 0 Å². The van der Waals surface area contributed by atoms with Gasteiger partial charge in [0.2, 0.25) is 0 Å². The Bertz CT molecular complexity index is 483. The summed E-state index contributed by atoms with van der Waals surface area (Å²) in [6.45, 7) is 2.15. The Hall–Kier alpha value is -1.05. The van der Waals surface area contributed by atoms with Crippen molar-refractivity contribution < 1.29 is 4.74 Å². The number of benzene rings is 1. The number of nitrogens with zero attached hydrogens (tertiary/aromatic N) is 1. The Labute approximate surface area is 121 Å². The predicted octanol–water partition coefficient (Wildman–Crippen LogP) is 3.74. The van der Waals surface area contributed by atoms with Gasteiger partial charge in [-0.2, -0.15) is 0 Å². The van der Waals surface area contributed by atoms with Crippen LogP contribution in [0.15, 0.2) is 47.5 Å². The molecule has 1 unspecified atom stereocenters.